The van der Waals surface area contributed by atoms with E-state index in [-0.39, 0.29) is 5.91 Å². The lowest BCUT2D eigenvalue weighted by Gasteiger charge is -2.27. The minimum atomic E-state index is -0.504. The molecule has 0 fully saturated rings. The van der Waals surface area contributed by atoms with Gasteiger partial charge in [0.25, 0.3) is 0 Å². The molecule has 1 aromatic heterocycles. The molecule has 1 aliphatic rings. The molecule has 0 spiro atoms. The molecule has 0 saturated carbocycles. The zero-order chi connectivity index (χ0) is 14.0. The van der Waals surface area contributed by atoms with Crippen LogP contribution in [-0.4, -0.2) is 17.4 Å². The molecule has 1 aliphatic carbocycles. The van der Waals surface area contributed by atoms with E-state index in [0.717, 1.165) is 25.7 Å². The fraction of sp³-hybridized carbons (Fsp3) is 0.714. The van der Waals surface area contributed by atoms with Crippen LogP contribution in [0.1, 0.15) is 55.2 Å². The minimum Gasteiger partial charge on any atom is -0.369 e. The van der Waals surface area contributed by atoms with Gasteiger partial charge in [-0.25, -0.2) is 4.98 Å². The van der Waals surface area contributed by atoms with Gasteiger partial charge in [0.2, 0.25) is 5.91 Å². The SMILES string of the molecule is CCc1nc2c(s1)[C@@H](NCC(C)(C)C(N)=O)CCC2. The third-order valence-electron chi connectivity index (χ3n) is 3.75. The molecule has 1 heterocycles. The van der Waals surface area contributed by atoms with Gasteiger partial charge in [-0.1, -0.05) is 6.92 Å². The molecule has 2 rings (SSSR count). The number of carbonyl (C=O) groups excluding carboxylic acids is 1. The van der Waals surface area contributed by atoms with Crippen LogP contribution in [0.2, 0.25) is 0 Å². The smallest absolute Gasteiger partial charge is 0.224 e. The predicted molar refractivity (Wildman–Crippen MR) is 78.1 cm³/mol. The Labute approximate surface area is 118 Å². The molecular formula is C14H23N3OS. The number of nitrogens with one attached hydrogen (secondary N) is 1. The van der Waals surface area contributed by atoms with Gasteiger partial charge in [-0.3, -0.25) is 4.79 Å². The topological polar surface area (TPSA) is 68.0 Å². The second-order valence-corrected chi connectivity index (χ2v) is 6.96. The number of aromatic nitrogens is 1. The van der Waals surface area contributed by atoms with Gasteiger partial charge in [-0.15, -0.1) is 11.3 Å². The van der Waals surface area contributed by atoms with Gasteiger partial charge >= 0.3 is 0 Å². The maximum atomic E-state index is 11.4. The highest BCUT2D eigenvalue weighted by Crippen LogP contribution is 2.34. The minimum absolute atomic E-state index is 0.255. The maximum Gasteiger partial charge on any atom is 0.224 e. The average Bonchev–Trinajstić information content (AvgIpc) is 2.79. The van der Waals surface area contributed by atoms with Crippen LogP contribution < -0.4 is 11.1 Å². The number of rotatable bonds is 5. The number of aryl methyl sites for hydroxylation is 2. The highest BCUT2D eigenvalue weighted by atomic mass is 32.1. The number of carbonyl (C=O) groups is 1. The van der Waals surface area contributed by atoms with Gasteiger partial charge < -0.3 is 11.1 Å². The Morgan fingerprint density at radius 3 is 2.95 bits per heavy atom. The summed E-state index contributed by atoms with van der Waals surface area (Å²) >= 11 is 1.81. The third kappa shape index (κ3) is 3.15. The fourth-order valence-electron chi connectivity index (χ4n) is 2.28. The predicted octanol–water partition coefficient (Wildman–Crippen LogP) is 2.18. The van der Waals surface area contributed by atoms with Crippen molar-refractivity contribution in [1.82, 2.24) is 10.3 Å². The monoisotopic (exact) mass is 281 g/mol. The quantitative estimate of drug-likeness (QED) is 0.869. The summed E-state index contributed by atoms with van der Waals surface area (Å²) in [5.41, 5.74) is 6.17. The first-order valence-electron chi connectivity index (χ1n) is 6.96. The van der Waals surface area contributed by atoms with Gasteiger partial charge in [0.1, 0.15) is 0 Å². The van der Waals surface area contributed by atoms with Gasteiger partial charge in [-0.2, -0.15) is 0 Å². The number of nitrogens with zero attached hydrogens (tertiary/aromatic N) is 1. The molecule has 106 valence electrons. The largest absolute Gasteiger partial charge is 0.369 e. The normalized spacial score (nSPS) is 19.2. The number of amides is 1. The molecule has 1 aromatic rings. The average molecular weight is 281 g/mol. The number of nitrogens with two attached hydrogens (primary N) is 1. The number of hydrogen-bond donors (Lipinski definition) is 2. The molecular weight excluding hydrogens is 258 g/mol. The molecule has 0 saturated heterocycles. The first-order valence-corrected chi connectivity index (χ1v) is 7.77. The van der Waals surface area contributed by atoms with E-state index in [2.05, 4.69) is 17.2 Å². The van der Waals surface area contributed by atoms with E-state index in [1.165, 1.54) is 15.6 Å². The van der Waals surface area contributed by atoms with E-state index in [0.29, 0.717) is 12.6 Å². The molecule has 19 heavy (non-hydrogen) atoms. The highest BCUT2D eigenvalue weighted by molar-refractivity contribution is 7.11. The van der Waals surface area contributed by atoms with Crippen LogP contribution in [0.4, 0.5) is 0 Å². The summed E-state index contributed by atoms with van der Waals surface area (Å²) in [4.78, 5) is 17.4. The van der Waals surface area contributed by atoms with Crippen LogP contribution in [0.15, 0.2) is 0 Å². The van der Waals surface area contributed by atoms with E-state index in [9.17, 15) is 4.79 Å². The Bertz CT molecular complexity index is 467. The summed E-state index contributed by atoms with van der Waals surface area (Å²) in [7, 11) is 0. The van der Waals surface area contributed by atoms with Crippen molar-refractivity contribution in [1.29, 1.82) is 0 Å². The molecule has 1 amide bonds. The van der Waals surface area contributed by atoms with Gasteiger partial charge in [-0.05, 0) is 39.5 Å². The van der Waals surface area contributed by atoms with Crippen LogP contribution in [0.25, 0.3) is 0 Å². The molecule has 0 aliphatic heterocycles. The van der Waals surface area contributed by atoms with Crippen molar-refractivity contribution in [2.45, 2.75) is 52.5 Å². The Hall–Kier alpha value is -0.940. The van der Waals surface area contributed by atoms with Crippen LogP contribution in [0.3, 0.4) is 0 Å². The van der Waals surface area contributed by atoms with Crippen LogP contribution in [0, 0.1) is 5.41 Å². The Balaban J connectivity index is 2.07. The zero-order valence-corrected chi connectivity index (χ0v) is 12.8. The van der Waals surface area contributed by atoms with E-state index in [1.54, 1.807) is 0 Å². The van der Waals surface area contributed by atoms with Gasteiger partial charge in [0, 0.05) is 17.5 Å². The summed E-state index contributed by atoms with van der Waals surface area (Å²) in [6.45, 7) is 6.53. The first-order chi connectivity index (χ1) is 8.94. The summed E-state index contributed by atoms with van der Waals surface area (Å²) in [5.74, 6) is -0.255. The van der Waals surface area contributed by atoms with Crippen LogP contribution >= 0.6 is 11.3 Å². The Morgan fingerprint density at radius 2 is 2.32 bits per heavy atom. The van der Waals surface area contributed by atoms with Crippen molar-refractivity contribution in [2.24, 2.45) is 11.1 Å². The molecule has 4 nitrogen and oxygen atoms in total. The summed E-state index contributed by atoms with van der Waals surface area (Å²) < 4.78 is 0. The van der Waals surface area contributed by atoms with Crippen molar-refractivity contribution in [3.63, 3.8) is 0 Å². The number of primary amides is 1. The second kappa shape index (κ2) is 5.59. The van der Waals surface area contributed by atoms with Crippen molar-refractivity contribution >= 4 is 17.2 Å². The number of thiazole rings is 1. The van der Waals surface area contributed by atoms with E-state index in [1.807, 2.05) is 25.2 Å². The molecule has 3 N–H and O–H groups in total. The Morgan fingerprint density at radius 1 is 1.58 bits per heavy atom. The number of fused-ring (bicyclic) bond motifs is 1. The third-order valence-corrected chi connectivity index (χ3v) is 5.11. The molecule has 0 aromatic carbocycles. The zero-order valence-electron chi connectivity index (χ0n) is 12.0. The fourth-order valence-corrected chi connectivity index (χ4v) is 3.44. The highest BCUT2D eigenvalue weighted by Gasteiger charge is 2.29. The van der Waals surface area contributed by atoms with E-state index < -0.39 is 5.41 Å². The lowest BCUT2D eigenvalue weighted by molar-refractivity contribution is -0.125. The van der Waals surface area contributed by atoms with E-state index in [4.69, 9.17) is 5.73 Å². The van der Waals surface area contributed by atoms with Crippen molar-refractivity contribution in [2.75, 3.05) is 6.54 Å². The lowest BCUT2D eigenvalue weighted by Crippen LogP contribution is -2.41. The standard InChI is InChI=1S/C14H23N3OS/c1-4-11-17-10-7-5-6-9(12(10)19-11)16-8-14(2,3)13(15)18/h9,16H,4-8H2,1-3H3,(H2,15,18)/t9-/m0/s1. The summed E-state index contributed by atoms with van der Waals surface area (Å²) in [6.07, 6.45) is 4.36. The lowest BCUT2D eigenvalue weighted by atomic mass is 9.91. The number of hydrogen-bond acceptors (Lipinski definition) is 4. The van der Waals surface area contributed by atoms with Gasteiger partial charge in [0.15, 0.2) is 0 Å². The maximum absolute atomic E-state index is 11.4. The first kappa shape index (κ1) is 14.5. The van der Waals surface area contributed by atoms with Crippen LogP contribution in [-0.2, 0) is 17.6 Å². The van der Waals surface area contributed by atoms with Crippen LogP contribution in [0.5, 0.6) is 0 Å². The molecule has 0 radical (unpaired) electrons. The van der Waals surface area contributed by atoms with Crippen molar-refractivity contribution in [3.8, 4) is 0 Å². The Kier molecular flexibility index (Phi) is 4.26. The summed E-state index contributed by atoms with van der Waals surface area (Å²) in [5, 5.41) is 4.72. The van der Waals surface area contributed by atoms with E-state index >= 15 is 0 Å². The van der Waals surface area contributed by atoms with Crippen molar-refractivity contribution in [3.05, 3.63) is 15.6 Å². The summed E-state index contributed by atoms with van der Waals surface area (Å²) in [6, 6.07) is 0.333. The molecule has 0 unspecified atom stereocenters. The molecule has 1 atom stereocenters. The molecule has 5 heteroatoms. The van der Waals surface area contributed by atoms with Crippen molar-refractivity contribution < 1.29 is 4.79 Å². The van der Waals surface area contributed by atoms with Gasteiger partial charge in [0.05, 0.1) is 16.1 Å². The second-order valence-electron chi connectivity index (χ2n) is 5.85. The molecule has 0 bridgehead atoms.